The van der Waals surface area contributed by atoms with E-state index in [0.717, 1.165) is 12.8 Å². The van der Waals surface area contributed by atoms with Crippen LogP contribution in [0.25, 0.3) is 0 Å². The van der Waals surface area contributed by atoms with Gasteiger partial charge in [-0.25, -0.2) is 0 Å². The molecule has 1 aliphatic heterocycles. The molecule has 0 amide bonds. The van der Waals surface area contributed by atoms with Gasteiger partial charge in [-0.1, -0.05) is 0 Å². The zero-order chi connectivity index (χ0) is 14.8. The molecule has 1 saturated heterocycles. The van der Waals surface area contributed by atoms with Crippen molar-refractivity contribution < 1.29 is 9.66 Å². The highest BCUT2D eigenvalue weighted by Gasteiger charge is 2.29. The molecule has 0 spiro atoms. The van der Waals surface area contributed by atoms with Gasteiger partial charge in [0.2, 0.25) is 0 Å². The number of nitro groups is 1. The van der Waals surface area contributed by atoms with Crippen molar-refractivity contribution in [3.05, 3.63) is 33.9 Å². The largest absolute Gasteiger partial charge is 0.377 e. The van der Waals surface area contributed by atoms with Crippen LogP contribution in [0.2, 0.25) is 0 Å². The molecule has 0 bridgehead atoms. The van der Waals surface area contributed by atoms with E-state index in [0.29, 0.717) is 12.3 Å². The van der Waals surface area contributed by atoms with Crippen molar-refractivity contribution in [2.45, 2.75) is 38.3 Å². The molecule has 1 aromatic carbocycles. The smallest absolute Gasteiger partial charge is 0.293 e. The molecule has 1 N–H and O–H groups in total. The van der Waals surface area contributed by atoms with E-state index in [1.807, 2.05) is 19.9 Å². The van der Waals surface area contributed by atoms with E-state index >= 15 is 0 Å². The van der Waals surface area contributed by atoms with Crippen LogP contribution < -0.4 is 5.32 Å². The summed E-state index contributed by atoms with van der Waals surface area (Å²) in [7, 11) is 0. The molecule has 6 heteroatoms. The molecular formula is C14H17N3O3. The first-order valence-electron chi connectivity index (χ1n) is 6.50. The maximum atomic E-state index is 11.1. The molecule has 1 heterocycles. The Balaban J connectivity index is 2.21. The summed E-state index contributed by atoms with van der Waals surface area (Å²) in [5.74, 6) is 0. The first kappa shape index (κ1) is 14.3. The normalized spacial score (nSPS) is 20.9. The number of nitriles is 1. The van der Waals surface area contributed by atoms with Gasteiger partial charge in [0.1, 0.15) is 5.69 Å². The van der Waals surface area contributed by atoms with E-state index < -0.39 is 4.92 Å². The fourth-order valence-electron chi connectivity index (χ4n) is 2.45. The number of hydrogen-bond donors (Lipinski definition) is 1. The average molecular weight is 275 g/mol. The van der Waals surface area contributed by atoms with Gasteiger partial charge in [-0.05, 0) is 38.8 Å². The molecule has 1 aromatic rings. The van der Waals surface area contributed by atoms with Crippen LogP contribution in [0.4, 0.5) is 11.4 Å². The predicted molar refractivity (Wildman–Crippen MR) is 74.5 cm³/mol. The Morgan fingerprint density at radius 2 is 2.30 bits per heavy atom. The quantitative estimate of drug-likeness (QED) is 0.676. The zero-order valence-corrected chi connectivity index (χ0v) is 11.5. The van der Waals surface area contributed by atoms with E-state index in [-0.39, 0.29) is 22.9 Å². The average Bonchev–Trinajstić information content (AvgIpc) is 2.37. The van der Waals surface area contributed by atoms with E-state index in [2.05, 4.69) is 5.32 Å². The molecule has 6 nitrogen and oxygen atoms in total. The molecule has 1 aliphatic rings. The number of rotatable bonds is 3. The highest BCUT2D eigenvalue weighted by molar-refractivity contribution is 5.64. The Bertz CT molecular complexity index is 563. The zero-order valence-electron chi connectivity index (χ0n) is 11.5. The number of ether oxygens (including phenoxy) is 1. The SMILES string of the molecule is CC1(C)CC(Nc2ccc(C#N)cc2[N+](=O)[O-])CCO1. The van der Waals surface area contributed by atoms with Gasteiger partial charge in [0.25, 0.3) is 5.69 Å². The summed E-state index contributed by atoms with van der Waals surface area (Å²) in [4.78, 5) is 10.6. The molecule has 0 aliphatic carbocycles. The van der Waals surface area contributed by atoms with E-state index in [9.17, 15) is 10.1 Å². The third kappa shape index (κ3) is 3.25. The molecule has 0 aromatic heterocycles. The molecule has 1 fully saturated rings. The van der Waals surface area contributed by atoms with Crippen LogP contribution in [-0.4, -0.2) is 23.2 Å². The highest BCUT2D eigenvalue weighted by atomic mass is 16.6. The van der Waals surface area contributed by atoms with Crippen molar-refractivity contribution in [3.63, 3.8) is 0 Å². The van der Waals surface area contributed by atoms with Crippen LogP contribution >= 0.6 is 0 Å². The third-order valence-electron chi connectivity index (χ3n) is 3.38. The fourth-order valence-corrected chi connectivity index (χ4v) is 2.45. The van der Waals surface area contributed by atoms with Crippen LogP contribution in [0.5, 0.6) is 0 Å². The molecule has 1 unspecified atom stereocenters. The lowest BCUT2D eigenvalue weighted by Crippen LogP contribution is -2.40. The monoisotopic (exact) mass is 275 g/mol. The summed E-state index contributed by atoms with van der Waals surface area (Å²) in [6.07, 6.45) is 1.59. The number of hydrogen-bond acceptors (Lipinski definition) is 5. The van der Waals surface area contributed by atoms with Crippen molar-refractivity contribution in [1.29, 1.82) is 5.26 Å². The van der Waals surface area contributed by atoms with Crippen molar-refractivity contribution in [2.24, 2.45) is 0 Å². The van der Waals surface area contributed by atoms with Crippen LogP contribution in [0.3, 0.4) is 0 Å². The van der Waals surface area contributed by atoms with Gasteiger partial charge in [-0.3, -0.25) is 10.1 Å². The van der Waals surface area contributed by atoms with Gasteiger partial charge in [-0.15, -0.1) is 0 Å². The van der Waals surface area contributed by atoms with Crippen molar-refractivity contribution in [3.8, 4) is 6.07 Å². The van der Waals surface area contributed by atoms with E-state index in [1.165, 1.54) is 6.07 Å². The molecule has 0 radical (unpaired) electrons. The van der Waals surface area contributed by atoms with Crippen LogP contribution in [0.1, 0.15) is 32.3 Å². The summed E-state index contributed by atoms with van der Waals surface area (Å²) < 4.78 is 5.63. The Kier molecular flexibility index (Phi) is 3.91. The Morgan fingerprint density at radius 1 is 1.55 bits per heavy atom. The molecule has 0 saturated carbocycles. The molecule has 1 atom stereocenters. The maximum absolute atomic E-state index is 11.1. The third-order valence-corrected chi connectivity index (χ3v) is 3.38. The Morgan fingerprint density at radius 3 is 2.90 bits per heavy atom. The Labute approximate surface area is 117 Å². The molecule has 2 rings (SSSR count). The number of nitrogens with one attached hydrogen (secondary N) is 1. The second-order valence-electron chi connectivity index (χ2n) is 5.54. The number of benzene rings is 1. The lowest BCUT2D eigenvalue weighted by molar-refractivity contribution is -0.384. The number of nitro benzene ring substituents is 1. The minimum atomic E-state index is -0.465. The van der Waals surface area contributed by atoms with E-state index in [4.69, 9.17) is 10.00 Å². The summed E-state index contributed by atoms with van der Waals surface area (Å²) in [5, 5.41) is 23.1. The van der Waals surface area contributed by atoms with Gasteiger partial charge < -0.3 is 10.1 Å². The maximum Gasteiger partial charge on any atom is 0.293 e. The molecular weight excluding hydrogens is 258 g/mol. The topological polar surface area (TPSA) is 88.2 Å². The summed E-state index contributed by atoms with van der Waals surface area (Å²) in [6.45, 7) is 4.65. The summed E-state index contributed by atoms with van der Waals surface area (Å²) in [6, 6.07) is 6.52. The van der Waals surface area contributed by atoms with Gasteiger partial charge in [-0.2, -0.15) is 5.26 Å². The Hall–Kier alpha value is -2.13. The van der Waals surface area contributed by atoms with Gasteiger partial charge in [0.05, 0.1) is 22.2 Å². The summed E-state index contributed by atoms with van der Waals surface area (Å²) in [5.41, 5.74) is 0.455. The fraction of sp³-hybridized carbons (Fsp3) is 0.500. The lowest BCUT2D eigenvalue weighted by atomic mass is 9.93. The minimum Gasteiger partial charge on any atom is -0.377 e. The van der Waals surface area contributed by atoms with Gasteiger partial charge in [0, 0.05) is 18.7 Å². The predicted octanol–water partition coefficient (Wildman–Crippen LogP) is 2.84. The highest BCUT2D eigenvalue weighted by Crippen LogP contribution is 2.30. The van der Waals surface area contributed by atoms with Crippen molar-refractivity contribution in [1.82, 2.24) is 0 Å². The molecule has 20 heavy (non-hydrogen) atoms. The second-order valence-corrected chi connectivity index (χ2v) is 5.54. The first-order chi connectivity index (χ1) is 9.41. The van der Waals surface area contributed by atoms with Crippen LogP contribution in [0.15, 0.2) is 18.2 Å². The van der Waals surface area contributed by atoms with Gasteiger partial charge >= 0.3 is 0 Å². The van der Waals surface area contributed by atoms with Crippen LogP contribution in [-0.2, 0) is 4.74 Å². The number of nitrogens with zero attached hydrogens (tertiary/aromatic N) is 2. The number of anilines is 1. The van der Waals surface area contributed by atoms with E-state index in [1.54, 1.807) is 12.1 Å². The van der Waals surface area contributed by atoms with Crippen molar-refractivity contribution in [2.75, 3.05) is 11.9 Å². The second kappa shape index (κ2) is 5.47. The first-order valence-corrected chi connectivity index (χ1v) is 6.50. The minimum absolute atomic E-state index is 0.0617. The molecule has 106 valence electrons. The van der Waals surface area contributed by atoms with Crippen molar-refractivity contribution >= 4 is 11.4 Å². The lowest BCUT2D eigenvalue weighted by Gasteiger charge is -2.36. The van der Waals surface area contributed by atoms with Crippen LogP contribution in [0, 0.1) is 21.4 Å². The standard InChI is InChI=1S/C14H17N3O3/c1-14(2)8-11(5-6-20-14)16-12-4-3-10(9-15)7-13(12)17(18)19/h3-4,7,11,16H,5-6,8H2,1-2H3. The van der Waals surface area contributed by atoms with Gasteiger partial charge in [0.15, 0.2) is 0 Å². The summed E-state index contributed by atoms with van der Waals surface area (Å²) >= 11 is 0.